The highest BCUT2D eigenvalue weighted by Gasteiger charge is 2.38. The normalized spacial score (nSPS) is 16.6. The van der Waals surface area contributed by atoms with Crippen molar-refractivity contribution in [3.8, 4) is 16.9 Å². The van der Waals surface area contributed by atoms with Crippen molar-refractivity contribution in [2.24, 2.45) is 5.92 Å². The van der Waals surface area contributed by atoms with Crippen molar-refractivity contribution < 1.29 is 23.8 Å². The largest absolute Gasteiger partial charge is 0.481 e. The van der Waals surface area contributed by atoms with E-state index in [0.717, 1.165) is 0 Å². The fourth-order valence-electron chi connectivity index (χ4n) is 4.19. The van der Waals surface area contributed by atoms with Crippen LogP contribution >= 0.6 is 11.6 Å². The number of carbonyl (C=O) groups is 2. The second kappa shape index (κ2) is 8.90. The summed E-state index contributed by atoms with van der Waals surface area (Å²) >= 11 is 6.33. The number of rotatable bonds is 5. The van der Waals surface area contributed by atoms with Crippen molar-refractivity contribution in [3.05, 3.63) is 64.0 Å². The Labute approximate surface area is 195 Å². The summed E-state index contributed by atoms with van der Waals surface area (Å²) in [6, 6.07) is 13.6. The first kappa shape index (κ1) is 22.9. The van der Waals surface area contributed by atoms with Gasteiger partial charge in [-0.05, 0) is 44.9 Å². The van der Waals surface area contributed by atoms with Crippen LogP contribution in [0.4, 0.5) is 0 Å². The van der Waals surface area contributed by atoms with Gasteiger partial charge >= 0.3 is 11.6 Å². The Morgan fingerprint density at radius 1 is 1.15 bits per heavy atom. The predicted octanol–water partition coefficient (Wildman–Crippen LogP) is 4.59. The molecule has 1 aliphatic heterocycles. The van der Waals surface area contributed by atoms with Crippen molar-refractivity contribution >= 4 is 34.4 Å². The second-order valence-electron chi connectivity index (χ2n) is 8.66. The molecule has 0 bridgehead atoms. The number of carbonyl (C=O) groups excluding carboxylic acids is 1. The first-order valence-corrected chi connectivity index (χ1v) is 11.1. The van der Waals surface area contributed by atoms with E-state index in [1.165, 1.54) is 6.07 Å². The first-order chi connectivity index (χ1) is 15.7. The van der Waals surface area contributed by atoms with E-state index in [1.807, 2.05) is 18.2 Å². The molecule has 1 fully saturated rings. The van der Waals surface area contributed by atoms with Crippen LogP contribution in [-0.2, 0) is 9.59 Å². The predicted molar refractivity (Wildman–Crippen MR) is 125 cm³/mol. The van der Waals surface area contributed by atoms with E-state index in [4.69, 9.17) is 20.8 Å². The number of carboxylic acid groups (broad SMARTS) is 1. The number of aliphatic carboxylic acids is 1. The third kappa shape index (κ3) is 4.73. The van der Waals surface area contributed by atoms with E-state index in [9.17, 15) is 19.5 Å². The van der Waals surface area contributed by atoms with Gasteiger partial charge in [0, 0.05) is 46.8 Å². The molecule has 2 aromatic carbocycles. The van der Waals surface area contributed by atoms with E-state index in [0.29, 0.717) is 52.3 Å². The molecule has 1 saturated heterocycles. The van der Waals surface area contributed by atoms with Crippen molar-refractivity contribution in [2.75, 3.05) is 13.1 Å². The highest BCUT2D eigenvalue weighted by atomic mass is 35.5. The molecular weight excluding hydrogens is 446 g/mol. The molecule has 1 aliphatic rings. The van der Waals surface area contributed by atoms with Crippen LogP contribution in [0.25, 0.3) is 22.1 Å². The van der Waals surface area contributed by atoms with Gasteiger partial charge in [0.15, 0.2) is 5.60 Å². The maximum atomic E-state index is 13.1. The minimum atomic E-state index is -1.24. The molecule has 172 valence electrons. The molecule has 0 spiro atoms. The molecule has 4 rings (SSSR count). The number of hydrogen-bond acceptors (Lipinski definition) is 5. The van der Waals surface area contributed by atoms with E-state index < -0.39 is 23.1 Å². The SMILES string of the molecule is CC(C)(Oc1ccc2c(-c3ccccc3Cl)cc(=O)oc2c1)C(=O)N1CCC[C@H](C(=O)O)C1. The van der Waals surface area contributed by atoms with Crippen LogP contribution in [0.3, 0.4) is 0 Å². The number of piperidine rings is 1. The Balaban J connectivity index is 1.63. The summed E-state index contributed by atoms with van der Waals surface area (Å²) in [5, 5.41) is 10.5. The van der Waals surface area contributed by atoms with Gasteiger partial charge in [0.25, 0.3) is 5.91 Å². The molecule has 7 nitrogen and oxygen atoms in total. The Bertz CT molecular complexity index is 1280. The molecule has 1 amide bonds. The lowest BCUT2D eigenvalue weighted by Gasteiger charge is -2.36. The highest BCUT2D eigenvalue weighted by molar-refractivity contribution is 6.33. The molecule has 0 saturated carbocycles. The van der Waals surface area contributed by atoms with E-state index in [1.54, 1.807) is 43.0 Å². The molecule has 2 heterocycles. The minimum Gasteiger partial charge on any atom is -0.481 e. The summed E-state index contributed by atoms with van der Waals surface area (Å²) in [5.41, 5.74) is -0.115. The van der Waals surface area contributed by atoms with E-state index >= 15 is 0 Å². The summed E-state index contributed by atoms with van der Waals surface area (Å²) in [6.07, 6.45) is 1.18. The zero-order chi connectivity index (χ0) is 23.8. The standard InChI is InChI=1S/C25H24ClNO6/c1-25(2,24(31)27-11-5-6-15(14-27)23(29)30)33-16-9-10-18-19(13-22(28)32-21(18)12-16)17-7-3-4-8-20(17)26/h3-4,7-10,12-13,15H,5-6,11,14H2,1-2H3,(H,29,30)/t15-/m0/s1. The number of hydrogen-bond donors (Lipinski definition) is 1. The van der Waals surface area contributed by atoms with Gasteiger partial charge < -0.3 is 19.2 Å². The van der Waals surface area contributed by atoms with Gasteiger partial charge in [-0.1, -0.05) is 29.8 Å². The second-order valence-corrected chi connectivity index (χ2v) is 9.07. The Morgan fingerprint density at radius 2 is 1.91 bits per heavy atom. The number of nitrogens with zero attached hydrogens (tertiary/aromatic N) is 1. The van der Waals surface area contributed by atoms with Crippen LogP contribution in [0.1, 0.15) is 26.7 Å². The number of fused-ring (bicyclic) bond motifs is 1. The number of likely N-dealkylation sites (tertiary alicyclic amines) is 1. The lowest BCUT2D eigenvalue weighted by molar-refractivity contribution is -0.151. The summed E-state index contributed by atoms with van der Waals surface area (Å²) in [6.45, 7) is 3.93. The third-order valence-electron chi connectivity index (χ3n) is 5.83. The van der Waals surface area contributed by atoms with E-state index in [2.05, 4.69) is 0 Å². The van der Waals surface area contributed by atoms with Gasteiger partial charge in [0.2, 0.25) is 0 Å². The van der Waals surface area contributed by atoms with Gasteiger partial charge in [0.1, 0.15) is 11.3 Å². The van der Waals surface area contributed by atoms with Gasteiger partial charge in [-0.3, -0.25) is 9.59 Å². The van der Waals surface area contributed by atoms with Crippen LogP contribution in [0.2, 0.25) is 5.02 Å². The quantitative estimate of drug-likeness (QED) is 0.549. The molecule has 3 aromatic rings. The summed E-state index contributed by atoms with van der Waals surface area (Å²) < 4.78 is 11.4. The number of amides is 1. The average Bonchev–Trinajstić information content (AvgIpc) is 2.78. The molecule has 1 N–H and O–H groups in total. The molecule has 1 aromatic heterocycles. The number of carboxylic acids is 1. The fourth-order valence-corrected chi connectivity index (χ4v) is 4.43. The Hall–Kier alpha value is -3.32. The fraction of sp³-hybridized carbons (Fsp3) is 0.320. The highest BCUT2D eigenvalue weighted by Crippen LogP contribution is 2.34. The summed E-state index contributed by atoms with van der Waals surface area (Å²) in [5.74, 6) is -1.41. The van der Waals surface area contributed by atoms with Gasteiger partial charge in [-0.2, -0.15) is 0 Å². The lowest BCUT2D eigenvalue weighted by Crippen LogP contribution is -2.52. The lowest BCUT2D eigenvalue weighted by atomic mass is 9.96. The molecule has 8 heteroatoms. The maximum Gasteiger partial charge on any atom is 0.336 e. The van der Waals surface area contributed by atoms with Crippen LogP contribution in [0.5, 0.6) is 5.75 Å². The Morgan fingerprint density at radius 3 is 2.64 bits per heavy atom. The minimum absolute atomic E-state index is 0.161. The van der Waals surface area contributed by atoms with Crippen LogP contribution in [0, 0.1) is 5.92 Å². The van der Waals surface area contributed by atoms with Crippen molar-refractivity contribution in [2.45, 2.75) is 32.3 Å². The monoisotopic (exact) mass is 469 g/mol. The summed E-state index contributed by atoms with van der Waals surface area (Å²) in [7, 11) is 0. The van der Waals surface area contributed by atoms with Gasteiger partial charge in [-0.25, -0.2) is 4.79 Å². The van der Waals surface area contributed by atoms with Crippen LogP contribution in [0.15, 0.2) is 57.7 Å². The number of halogens is 1. The van der Waals surface area contributed by atoms with Crippen LogP contribution < -0.4 is 10.4 Å². The molecule has 1 atom stereocenters. The van der Waals surface area contributed by atoms with Crippen molar-refractivity contribution in [1.29, 1.82) is 0 Å². The first-order valence-electron chi connectivity index (χ1n) is 10.7. The topological polar surface area (TPSA) is 97.0 Å². The third-order valence-corrected chi connectivity index (χ3v) is 6.16. The molecule has 0 radical (unpaired) electrons. The average molecular weight is 470 g/mol. The smallest absolute Gasteiger partial charge is 0.336 e. The molecule has 0 aliphatic carbocycles. The zero-order valence-electron chi connectivity index (χ0n) is 18.3. The molecule has 33 heavy (non-hydrogen) atoms. The van der Waals surface area contributed by atoms with Crippen LogP contribution in [-0.4, -0.2) is 40.6 Å². The van der Waals surface area contributed by atoms with Crippen molar-refractivity contribution in [3.63, 3.8) is 0 Å². The maximum absolute atomic E-state index is 13.1. The zero-order valence-corrected chi connectivity index (χ0v) is 19.1. The van der Waals surface area contributed by atoms with Gasteiger partial charge in [0.05, 0.1) is 5.92 Å². The number of ether oxygens (including phenoxy) is 1. The van der Waals surface area contributed by atoms with Crippen molar-refractivity contribution in [1.82, 2.24) is 4.90 Å². The van der Waals surface area contributed by atoms with Gasteiger partial charge in [-0.15, -0.1) is 0 Å². The number of benzene rings is 2. The summed E-state index contributed by atoms with van der Waals surface area (Å²) in [4.78, 5) is 38.2. The molecular formula is C25H24ClNO6. The molecule has 0 unspecified atom stereocenters. The Kier molecular flexibility index (Phi) is 6.17. The van der Waals surface area contributed by atoms with E-state index in [-0.39, 0.29) is 12.5 Å².